The third kappa shape index (κ3) is 5.49. The summed E-state index contributed by atoms with van der Waals surface area (Å²) in [5.74, 6) is 0.0264. The fourth-order valence-corrected chi connectivity index (χ4v) is 3.19. The van der Waals surface area contributed by atoms with Crippen LogP contribution in [0.2, 0.25) is 0 Å². The molecule has 0 saturated carbocycles. The first-order valence-corrected chi connectivity index (χ1v) is 9.30. The minimum absolute atomic E-state index is 0.0676. The van der Waals surface area contributed by atoms with Gasteiger partial charge in [-0.3, -0.25) is 4.79 Å². The summed E-state index contributed by atoms with van der Waals surface area (Å²) in [7, 11) is 3.02. The van der Waals surface area contributed by atoms with Crippen molar-refractivity contribution in [1.29, 1.82) is 0 Å². The van der Waals surface area contributed by atoms with Crippen LogP contribution in [0, 0.1) is 6.92 Å². The lowest BCUT2D eigenvalue weighted by Gasteiger charge is -2.11. The highest BCUT2D eigenvalue weighted by Gasteiger charge is 2.20. The standard InChI is InChI=1S/C18H21N3O6S/c1-5-27-17(23)15-10(2)19-18(24)21-16(15)28-9-14(22)20-11-6-12(25-3)8-13(7-11)26-4/h6-8H,5,9H2,1-4H3,(H,20,22)(H,19,21,24). The average Bonchev–Trinajstić information content (AvgIpc) is 2.65. The highest BCUT2D eigenvalue weighted by Crippen LogP contribution is 2.26. The number of H-pyrrole nitrogens is 1. The van der Waals surface area contributed by atoms with Crippen molar-refractivity contribution < 1.29 is 23.8 Å². The Morgan fingerprint density at radius 2 is 1.82 bits per heavy atom. The maximum Gasteiger partial charge on any atom is 0.346 e. The first kappa shape index (κ1) is 21.3. The van der Waals surface area contributed by atoms with Crippen molar-refractivity contribution in [3.8, 4) is 11.5 Å². The summed E-state index contributed by atoms with van der Waals surface area (Å²) >= 11 is 0.970. The molecule has 1 amide bonds. The largest absolute Gasteiger partial charge is 0.497 e. The molecule has 1 heterocycles. The molecule has 0 bridgehead atoms. The number of methoxy groups -OCH3 is 2. The van der Waals surface area contributed by atoms with Gasteiger partial charge in [-0.25, -0.2) is 9.59 Å². The van der Waals surface area contributed by atoms with Crippen molar-refractivity contribution in [3.05, 3.63) is 39.9 Å². The lowest BCUT2D eigenvalue weighted by molar-refractivity contribution is -0.113. The van der Waals surface area contributed by atoms with E-state index in [1.165, 1.54) is 14.2 Å². The summed E-state index contributed by atoms with van der Waals surface area (Å²) in [6.45, 7) is 3.43. The predicted molar refractivity (Wildman–Crippen MR) is 104 cm³/mol. The molecule has 9 nitrogen and oxygen atoms in total. The second-order valence-corrected chi connectivity index (χ2v) is 6.47. The molecule has 0 atom stereocenters. The van der Waals surface area contributed by atoms with Crippen molar-refractivity contribution >= 4 is 29.3 Å². The maximum absolute atomic E-state index is 12.3. The molecule has 2 N–H and O–H groups in total. The number of nitrogens with one attached hydrogen (secondary N) is 2. The van der Waals surface area contributed by atoms with Crippen LogP contribution in [0.3, 0.4) is 0 Å². The number of aryl methyl sites for hydroxylation is 1. The number of aromatic amines is 1. The van der Waals surface area contributed by atoms with E-state index < -0.39 is 11.7 Å². The first-order valence-electron chi connectivity index (χ1n) is 8.31. The third-order valence-electron chi connectivity index (χ3n) is 3.54. The number of aromatic nitrogens is 2. The number of carbonyl (C=O) groups is 2. The molecular weight excluding hydrogens is 386 g/mol. The summed E-state index contributed by atoms with van der Waals surface area (Å²) in [5.41, 5.74) is 0.356. The number of benzene rings is 1. The molecule has 150 valence electrons. The zero-order chi connectivity index (χ0) is 20.7. The van der Waals surface area contributed by atoms with Crippen LogP contribution in [0.15, 0.2) is 28.0 Å². The Hall–Kier alpha value is -3.01. The number of ether oxygens (including phenoxy) is 3. The van der Waals surface area contributed by atoms with Crippen molar-refractivity contribution in [2.24, 2.45) is 0 Å². The molecule has 0 spiro atoms. The number of amides is 1. The third-order valence-corrected chi connectivity index (χ3v) is 4.52. The van der Waals surface area contributed by atoms with Gasteiger partial charge in [0.15, 0.2) is 0 Å². The lowest BCUT2D eigenvalue weighted by atomic mass is 10.2. The van der Waals surface area contributed by atoms with Crippen LogP contribution >= 0.6 is 11.8 Å². The van der Waals surface area contributed by atoms with Crippen LogP contribution in [-0.4, -0.2) is 48.4 Å². The molecule has 2 rings (SSSR count). The van der Waals surface area contributed by atoms with Gasteiger partial charge in [0.05, 0.1) is 26.6 Å². The van der Waals surface area contributed by atoms with E-state index in [0.29, 0.717) is 22.9 Å². The van der Waals surface area contributed by atoms with Crippen molar-refractivity contribution in [3.63, 3.8) is 0 Å². The van der Waals surface area contributed by atoms with Crippen LogP contribution in [-0.2, 0) is 9.53 Å². The molecule has 0 aliphatic carbocycles. The summed E-state index contributed by atoms with van der Waals surface area (Å²) in [4.78, 5) is 42.4. The van der Waals surface area contributed by atoms with Gasteiger partial charge in [0.2, 0.25) is 5.91 Å². The Morgan fingerprint density at radius 1 is 1.18 bits per heavy atom. The minimum Gasteiger partial charge on any atom is -0.497 e. The number of rotatable bonds is 8. The molecule has 1 aromatic carbocycles. The Labute approximate surface area is 165 Å². The SMILES string of the molecule is CCOC(=O)c1c(SCC(=O)Nc2cc(OC)cc(OC)c2)nc(=O)[nH]c1C. The zero-order valence-electron chi connectivity index (χ0n) is 16.0. The molecule has 28 heavy (non-hydrogen) atoms. The smallest absolute Gasteiger partial charge is 0.346 e. The summed E-state index contributed by atoms with van der Waals surface area (Å²) in [6.07, 6.45) is 0. The predicted octanol–water partition coefficient (Wildman–Crippen LogP) is 2.00. The number of nitrogens with zero attached hydrogens (tertiary/aromatic N) is 1. The topological polar surface area (TPSA) is 120 Å². The number of carbonyl (C=O) groups excluding carboxylic acids is 2. The van der Waals surface area contributed by atoms with Crippen LogP contribution in [0.25, 0.3) is 0 Å². The van der Waals surface area contributed by atoms with Gasteiger partial charge in [0, 0.05) is 29.6 Å². The summed E-state index contributed by atoms with van der Waals surface area (Å²) in [6, 6.07) is 4.97. The number of esters is 1. The second-order valence-electron chi connectivity index (χ2n) is 5.51. The fourth-order valence-electron chi connectivity index (χ4n) is 2.32. The van der Waals surface area contributed by atoms with Crippen LogP contribution in [0.4, 0.5) is 5.69 Å². The van der Waals surface area contributed by atoms with Crippen molar-refractivity contribution in [1.82, 2.24) is 9.97 Å². The van der Waals surface area contributed by atoms with E-state index in [4.69, 9.17) is 14.2 Å². The summed E-state index contributed by atoms with van der Waals surface area (Å²) < 4.78 is 15.3. The number of thioether (sulfide) groups is 1. The van der Waals surface area contributed by atoms with Gasteiger partial charge in [-0.1, -0.05) is 11.8 Å². The van der Waals surface area contributed by atoms with E-state index in [-0.39, 0.29) is 28.9 Å². The second kappa shape index (κ2) is 9.79. The number of anilines is 1. The fraction of sp³-hybridized carbons (Fsp3) is 0.333. The molecular formula is C18H21N3O6S. The number of hydrogen-bond donors (Lipinski definition) is 2. The molecule has 2 aromatic rings. The van der Waals surface area contributed by atoms with Crippen LogP contribution in [0.1, 0.15) is 23.0 Å². The van der Waals surface area contributed by atoms with E-state index in [0.717, 1.165) is 11.8 Å². The van der Waals surface area contributed by atoms with E-state index in [2.05, 4.69) is 15.3 Å². The van der Waals surface area contributed by atoms with Gasteiger partial charge >= 0.3 is 11.7 Å². The quantitative estimate of drug-likeness (QED) is 0.387. The van der Waals surface area contributed by atoms with E-state index in [9.17, 15) is 14.4 Å². The highest BCUT2D eigenvalue weighted by molar-refractivity contribution is 8.00. The van der Waals surface area contributed by atoms with E-state index >= 15 is 0 Å². The molecule has 0 aliphatic rings. The van der Waals surface area contributed by atoms with Gasteiger partial charge in [0.1, 0.15) is 22.1 Å². The Kier molecular flexibility index (Phi) is 7.44. The summed E-state index contributed by atoms with van der Waals surface area (Å²) in [5, 5.41) is 2.85. The van der Waals surface area contributed by atoms with Crippen LogP contribution in [0.5, 0.6) is 11.5 Å². The maximum atomic E-state index is 12.3. The average molecular weight is 407 g/mol. The zero-order valence-corrected chi connectivity index (χ0v) is 16.8. The molecule has 10 heteroatoms. The van der Waals surface area contributed by atoms with Crippen LogP contribution < -0.4 is 20.5 Å². The van der Waals surface area contributed by atoms with Gasteiger partial charge in [0.25, 0.3) is 0 Å². The van der Waals surface area contributed by atoms with Crippen molar-refractivity contribution in [2.45, 2.75) is 18.9 Å². The first-order chi connectivity index (χ1) is 13.4. The molecule has 0 fully saturated rings. The molecule has 0 unspecified atom stereocenters. The monoisotopic (exact) mass is 407 g/mol. The van der Waals surface area contributed by atoms with E-state index in [1.807, 2.05) is 0 Å². The Balaban J connectivity index is 2.15. The van der Waals surface area contributed by atoms with Gasteiger partial charge in [-0.2, -0.15) is 4.98 Å². The Morgan fingerprint density at radius 3 is 2.39 bits per heavy atom. The Bertz CT molecular complexity index is 906. The van der Waals surface area contributed by atoms with Gasteiger partial charge < -0.3 is 24.5 Å². The highest BCUT2D eigenvalue weighted by atomic mass is 32.2. The molecule has 0 aliphatic heterocycles. The number of hydrogen-bond acceptors (Lipinski definition) is 8. The molecule has 1 aromatic heterocycles. The lowest BCUT2D eigenvalue weighted by Crippen LogP contribution is -2.21. The van der Waals surface area contributed by atoms with Gasteiger partial charge in [-0.15, -0.1) is 0 Å². The normalized spacial score (nSPS) is 10.3. The van der Waals surface area contributed by atoms with Gasteiger partial charge in [-0.05, 0) is 13.8 Å². The van der Waals surface area contributed by atoms with Crippen molar-refractivity contribution in [2.75, 3.05) is 31.9 Å². The minimum atomic E-state index is -0.607. The van der Waals surface area contributed by atoms with E-state index in [1.54, 1.807) is 32.0 Å². The molecule has 0 radical (unpaired) electrons. The molecule has 0 saturated heterocycles.